The molecular formula is C14H21N3. The van der Waals surface area contributed by atoms with Gasteiger partial charge >= 0.3 is 0 Å². The molecule has 3 nitrogen and oxygen atoms in total. The van der Waals surface area contributed by atoms with Gasteiger partial charge in [-0.05, 0) is 50.4 Å². The van der Waals surface area contributed by atoms with Gasteiger partial charge in [-0.25, -0.2) is 0 Å². The number of hydrogen-bond acceptors (Lipinski definition) is 3. The molecule has 3 heterocycles. The Morgan fingerprint density at radius 2 is 2.35 bits per heavy atom. The first-order valence-electron chi connectivity index (χ1n) is 6.61. The molecule has 0 bridgehead atoms. The van der Waals surface area contributed by atoms with E-state index in [9.17, 15) is 0 Å². The lowest BCUT2D eigenvalue weighted by Crippen LogP contribution is -2.29. The van der Waals surface area contributed by atoms with Crippen molar-refractivity contribution in [2.24, 2.45) is 5.41 Å². The van der Waals surface area contributed by atoms with Crippen LogP contribution < -0.4 is 5.32 Å². The van der Waals surface area contributed by atoms with Gasteiger partial charge in [0.2, 0.25) is 0 Å². The molecule has 0 radical (unpaired) electrons. The molecule has 1 aromatic rings. The molecule has 2 aliphatic rings. The van der Waals surface area contributed by atoms with Crippen molar-refractivity contribution in [3.05, 3.63) is 29.6 Å². The van der Waals surface area contributed by atoms with Gasteiger partial charge in [-0.15, -0.1) is 0 Å². The van der Waals surface area contributed by atoms with Crippen molar-refractivity contribution in [2.75, 3.05) is 26.2 Å². The molecule has 1 spiro atoms. The van der Waals surface area contributed by atoms with Crippen LogP contribution in [-0.4, -0.2) is 36.1 Å². The van der Waals surface area contributed by atoms with E-state index in [1.165, 1.54) is 44.7 Å². The van der Waals surface area contributed by atoms with Crippen LogP contribution in [0.4, 0.5) is 0 Å². The molecular weight excluding hydrogens is 210 g/mol. The van der Waals surface area contributed by atoms with Crippen LogP contribution in [0.5, 0.6) is 0 Å². The Morgan fingerprint density at radius 3 is 3.12 bits per heavy atom. The van der Waals surface area contributed by atoms with Crippen LogP contribution in [0.25, 0.3) is 0 Å². The van der Waals surface area contributed by atoms with E-state index in [1.54, 1.807) is 0 Å². The lowest BCUT2D eigenvalue weighted by molar-refractivity contribution is 0.266. The average Bonchev–Trinajstić information content (AvgIpc) is 2.90. The smallest absolute Gasteiger partial charge is 0.0547 e. The predicted octanol–water partition coefficient (Wildman–Crippen LogP) is 1.58. The van der Waals surface area contributed by atoms with E-state index in [4.69, 9.17) is 0 Å². The van der Waals surface area contributed by atoms with Gasteiger partial charge in [-0.1, -0.05) is 6.07 Å². The van der Waals surface area contributed by atoms with E-state index in [-0.39, 0.29) is 0 Å². The summed E-state index contributed by atoms with van der Waals surface area (Å²) in [6, 6.07) is 6.32. The maximum absolute atomic E-state index is 4.59. The van der Waals surface area contributed by atoms with Gasteiger partial charge in [0.25, 0.3) is 0 Å². The molecule has 0 amide bonds. The second-order valence-corrected chi connectivity index (χ2v) is 5.66. The van der Waals surface area contributed by atoms with Gasteiger partial charge < -0.3 is 5.32 Å². The van der Waals surface area contributed by atoms with E-state index >= 15 is 0 Å². The summed E-state index contributed by atoms with van der Waals surface area (Å²) in [6.45, 7) is 7.98. The van der Waals surface area contributed by atoms with Crippen molar-refractivity contribution < 1.29 is 0 Å². The standard InChI is InChI=1S/C14H21N3/c1-12-3-2-4-13(16-12)9-17-8-6-14(11-17)5-7-15-10-14/h2-4,15H,5-11H2,1H3. The van der Waals surface area contributed by atoms with Crippen molar-refractivity contribution in [3.8, 4) is 0 Å². The first-order valence-corrected chi connectivity index (χ1v) is 6.61. The molecule has 92 valence electrons. The Labute approximate surface area is 103 Å². The topological polar surface area (TPSA) is 28.2 Å². The first kappa shape index (κ1) is 11.2. The summed E-state index contributed by atoms with van der Waals surface area (Å²) in [4.78, 5) is 7.16. The van der Waals surface area contributed by atoms with Crippen molar-refractivity contribution in [3.63, 3.8) is 0 Å². The van der Waals surface area contributed by atoms with E-state index < -0.39 is 0 Å². The predicted molar refractivity (Wildman–Crippen MR) is 68.8 cm³/mol. The highest BCUT2D eigenvalue weighted by Crippen LogP contribution is 2.36. The SMILES string of the molecule is Cc1cccc(CN2CCC3(CCNC3)C2)n1. The van der Waals surface area contributed by atoms with Gasteiger partial charge in [0.1, 0.15) is 0 Å². The molecule has 2 fully saturated rings. The zero-order valence-electron chi connectivity index (χ0n) is 10.6. The number of aromatic nitrogens is 1. The normalized spacial score (nSPS) is 29.2. The molecule has 1 unspecified atom stereocenters. The molecule has 3 heteroatoms. The molecule has 1 aromatic heterocycles. The molecule has 0 aliphatic carbocycles. The van der Waals surface area contributed by atoms with Crippen molar-refractivity contribution in [1.82, 2.24) is 15.2 Å². The Kier molecular flexibility index (Phi) is 2.89. The summed E-state index contributed by atoms with van der Waals surface area (Å²) >= 11 is 0. The van der Waals surface area contributed by atoms with Crippen LogP contribution in [0.1, 0.15) is 24.2 Å². The van der Waals surface area contributed by atoms with E-state index in [0.717, 1.165) is 12.2 Å². The summed E-state index contributed by atoms with van der Waals surface area (Å²) < 4.78 is 0. The summed E-state index contributed by atoms with van der Waals surface area (Å²) in [5.74, 6) is 0. The second kappa shape index (κ2) is 4.39. The summed E-state index contributed by atoms with van der Waals surface area (Å²) in [7, 11) is 0. The number of pyridine rings is 1. The maximum Gasteiger partial charge on any atom is 0.0547 e. The van der Waals surface area contributed by atoms with Gasteiger partial charge in [0.05, 0.1) is 5.69 Å². The van der Waals surface area contributed by atoms with E-state index in [1.807, 2.05) is 0 Å². The summed E-state index contributed by atoms with van der Waals surface area (Å²) in [5, 5.41) is 3.51. The Balaban J connectivity index is 1.64. The molecule has 2 saturated heterocycles. The largest absolute Gasteiger partial charge is 0.316 e. The Morgan fingerprint density at radius 1 is 1.41 bits per heavy atom. The van der Waals surface area contributed by atoms with Crippen LogP contribution in [0, 0.1) is 12.3 Å². The monoisotopic (exact) mass is 231 g/mol. The minimum absolute atomic E-state index is 0.573. The third-order valence-electron chi connectivity index (χ3n) is 4.18. The van der Waals surface area contributed by atoms with Gasteiger partial charge in [0.15, 0.2) is 0 Å². The second-order valence-electron chi connectivity index (χ2n) is 5.66. The molecule has 2 aliphatic heterocycles. The van der Waals surface area contributed by atoms with E-state index in [2.05, 4.69) is 40.3 Å². The van der Waals surface area contributed by atoms with Gasteiger partial charge in [0, 0.05) is 25.3 Å². The molecule has 3 rings (SSSR count). The number of nitrogens with one attached hydrogen (secondary N) is 1. The first-order chi connectivity index (χ1) is 8.26. The van der Waals surface area contributed by atoms with Crippen LogP contribution >= 0.6 is 0 Å². The van der Waals surface area contributed by atoms with Crippen molar-refractivity contribution in [2.45, 2.75) is 26.3 Å². The van der Waals surface area contributed by atoms with Crippen LogP contribution in [0.3, 0.4) is 0 Å². The third-order valence-corrected chi connectivity index (χ3v) is 4.18. The maximum atomic E-state index is 4.59. The highest BCUT2D eigenvalue weighted by atomic mass is 15.2. The zero-order chi connectivity index (χ0) is 11.7. The molecule has 1 atom stereocenters. The number of rotatable bonds is 2. The minimum atomic E-state index is 0.573. The molecule has 1 N–H and O–H groups in total. The molecule has 0 saturated carbocycles. The van der Waals surface area contributed by atoms with Gasteiger partial charge in [-0.3, -0.25) is 9.88 Å². The lowest BCUT2D eigenvalue weighted by Gasteiger charge is -2.22. The number of hydrogen-bond donors (Lipinski definition) is 1. The number of aryl methyl sites for hydroxylation is 1. The molecule has 0 aromatic carbocycles. The molecule has 17 heavy (non-hydrogen) atoms. The zero-order valence-corrected chi connectivity index (χ0v) is 10.6. The van der Waals surface area contributed by atoms with E-state index in [0.29, 0.717) is 5.41 Å². The fourth-order valence-corrected chi connectivity index (χ4v) is 3.22. The Hall–Kier alpha value is -0.930. The quantitative estimate of drug-likeness (QED) is 0.837. The van der Waals surface area contributed by atoms with Crippen molar-refractivity contribution >= 4 is 0 Å². The van der Waals surface area contributed by atoms with Crippen LogP contribution in [-0.2, 0) is 6.54 Å². The number of likely N-dealkylation sites (tertiary alicyclic amines) is 1. The highest BCUT2D eigenvalue weighted by molar-refractivity contribution is 5.10. The van der Waals surface area contributed by atoms with Crippen LogP contribution in [0.15, 0.2) is 18.2 Å². The lowest BCUT2D eigenvalue weighted by atomic mass is 9.87. The number of nitrogens with zero attached hydrogens (tertiary/aromatic N) is 2. The highest BCUT2D eigenvalue weighted by Gasteiger charge is 2.40. The fourth-order valence-electron chi connectivity index (χ4n) is 3.22. The van der Waals surface area contributed by atoms with Crippen LogP contribution in [0.2, 0.25) is 0 Å². The fraction of sp³-hybridized carbons (Fsp3) is 0.643. The van der Waals surface area contributed by atoms with Crippen molar-refractivity contribution in [1.29, 1.82) is 0 Å². The average molecular weight is 231 g/mol. The summed E-state index contributed by atoms with van der Waals surface area (Å²) in [6.07, 6.45) is 2.70. The Bertz CT molecular complexity index is 396. The van der Waals surface area contributed by atoms with Gasteiger partial charge in [-0.2, -0.15) is 0 Å². The summed E-state index contributed by atoms with van der Waals surface area (Å²) in [5.41, 5.74) is 2.91. The third kappa shape index (κ3) is 2.35. The minimum Gasteiger partial charge on any atom is -0.316 e.